The van der Waals surface area contributed by atoms with Gasteiger partial charge >= 0.3 is 0 Å². The molecule has 0 radical (unpaired) electrons. The molecule has 0 spiro atoms. The van der Waals surface area contributed by atoms with Crippen molar-refractivity contribution < 1.29 is 9.47 Å². The fourth-order valence-electron chi connectivity index (χ4n) is 2.24. The predicted octanol–water partition coefficient (Wildman–Crippen LogP) is 2.97. The van der Waals surface area contributed by atoms with Gasteiger partial charge in [0, 0.05) is 25.8 Å². The molecule has 0 bridgehead atoms. The van der Waals surface area contributed by atoms with Crippen LogP contribution in [0.25, 0.3) is 10.8 Å². The molecular weight excluding hydrogens is 238 g/mol. The first-order chi connectivity index (χ1) is 9.36. The maximum atomic E-state index is 5.47. The summed E-state index contributed by atoms with van der Waals surface area (Å²) in [5.41, 5.74) is 1.22. The van der Waals surface area contributed by atoms with Gasteiger partial charge in [-0.15, -0.1) is 0 Å². The molecule has 0 aliphatic heterocycles. The molecule has 0 heterocycles. The lowest BCUT2D eigenvalue weighted by molar-refractivity contribution is 0.194. The molecule has 2 aromatic carbocycles. The number of ether oxygens (including phenoxy) is 2. The van der Waals surface area contributed by atoms with E-state index in [1.165, 1.54) is 16.3 Å². The van der Waals surface area contributed by atoms with Gasteiger partial charge in [-0.05, 0) is 29.8 Å². The average molecular weight is 259 g/mol. The quantitative estimate of drug-likeness (QED) is 0.775. The van der Waals surface area contributed by atoms with E-state index in [2.05, 4.69) is 35.6 Å². The van der Waals surface area contributed by atoms with E-state index in [1.807, 2.05) is 6.07 Å². The minimum atomic E-state index is 0.791. The van der Waals surface area contributed by atoms with E-state index in [4.69, 9.17) is 9.47 Å². The third-order valence-corrected chi connectivity index (χ3v) is 3.22. The molecule has 3 nitrogen and oxygen atoms in total. The van der Waals surface area contributed by atoms with Crippen molar-refractivity contribution in [3.05, 3.63) is 42.0 Å². The van der Waals surface area contributed by atoms with E-state index in [0.29, 0.717) is 0 Å². The third-order valence-electron chi connectivity index (χ3n) is 3.22. The zero-order valence-corrected chi connectivity index (χ0v) is 11.6. The standard InChI is InChI=1S/C16H21NO2/c1-18-11-5-10-17-12-15-14-7-4-3-6-13(14)8-9-16(15)19-2/h3-4,6-9,17H,5,10-12H2,1-2H3. The van der Waals surface area contributed by atoms with Gasteiger partial charge in [0.05, 0.1) is 7.11 Å². The lowest BCUT2D eigenvalue weighted by Gasteiger charge is -2.13. The van der Waals surface area contributed by atoms with Crippen molar-refractivity contribution in [2.45, 2.75) is 13.0 Å². The zero-order chi connectivity index (χ0) is 13.5. The molecule has 0 aliphatic rings. The summed E-state index contributed by atoms with van der Waals surface area (Å²) in [6.07, 6.45) is 1.02. The summed E-state index contributed by atoms with van der Waals surface area (Å²) >= 11 is 0. The van der Waals surface area contributed by atoms with E-state index >= 15 is 0 Å². The van der Waals surface area contributed by atoms with Gasteiger partial charge in [0.2, 0.25) is 0 Å². The Kier molecular flexibility index (Phi) is 5.19. The van der Waals surface area contributed by atoms with Crippen LogP contribution in [0.15, 0.2) is 36.4 Å². The molecule has 0 unspecified atom stereocenters. The summed E-state index contributed by atoms with van der Waals surface area (Å²) in [6.45, 7) is 2.55. The van der Waals surface area contributed by atoms with Crippen molar-refractivity contribution in [3.63, 3.8) is 0 Å². The van der Waals surface area contributed by atoms with Crippen LogP contribution in [0.3, 0.4) is 0 Å². The Morgan fingerprint density at radius 1 is 1.05 bits per heavy atom. The Labute approximate surface area is 114 Å². The Balaban J connectivity index is 2.14. The fourth-order valence-corrected chi connectivity index (χ4v) is 2.24. The first-order valence-electron chi connectivity index (χ1n) is 6.61. The molecule has 3 heteroatoms. The summed E-state index contributed by atoms with van der Waals surface area (Å²) in [4.78, 5) is 0. The summed E-state index contributed by atoms with van der Waals surface area (Å²) in [5.74, 6) is 0.943. The largest absolute Gasteiger partial charge is 0.496 e. The first kappa shape index (κ1) is 13.8. The topological polar surface area (TPSA) is 30.5 Å². The molecule has 0 saturated carbocycles. The Bertz CT molecular complexity index is 525. The lowest BCUT2D eigenvalue weighted by atomic mass is 10.0. The van der Waals surface area contributed by atoms with E-state index in [1.54, 1.807) is 14.2 Å². The summed E-state index contributed by atoms with van der Waals surface area (Å²) in [6, 6.07) is 12.5. The zero-order valence-electron chi connectivity index (χ0n) is 11.6. The number of nitrogens with one attached hydrogen (secondary N) is 1. The summed E-state index contributed by atoms with van der Waals surface area (Å²) in [7, 11) is 3.45. The van der Waals surface area contributed by atoms with Crippen LogP contribution in [0.2, 0.25) is 0 Å². The number of benzene rings is 2. The number of rotatable bonds is 7. The molecule has 1 N–H and O–H groups in total. The van der Waals surface area contributed by atoms with Crippen LogP contribution in [0, 0.1) is 0 Å². The molecule has 2 rings (SSSR count). The fraction of sp³-hybridized carbons (Fsp3) is 0.375. The molecule has 0 saturated heterocycles. The van der Waals surface area contributed by atoms with Crippen LogP contribution in [-0.2, 0) is 11.3 Å². The van der Waals surface area contributed by atoms with Crippen molar-refractivity contribution in [1.29, 1.82) is 0 Å². The highest BCUT2D eigenvalue weighted by molar-refractivity contribution is 5.87. The smallest absolute Gasteiger partial charge is 0.123 e. The van der Waals surface area contributed by atoms with Crippen LogP contribution in [-0.4, -0.2) is 27.4 Å². The van der Waals surface area contributed by atoms with E-state index in [-0.39, 0.29) is 0 Å². The highest BCUT2D eigenvalue weighted by atomic mass is 16.5. The van der Waals surface area contributed by atoms with Gasteiger partial charge in [-0.1, -0.05) is 30.3 Å². The van der Waals surface area contributed by atoms with Crippen molar-refractivity contribution in [3.8, 4) is 5.75 Å². The highest BCUT2D eigenvalue weighted by Crippen LogP contribution is 2.27. The second kappa shape index (κ2) is 7.12. The minimum Gasteiger partial charge on any atom is -0.496 e. The lowest BCUT2D eigenvalue weighted by Crippen LogP contribution is -2.16. The second-order valence-electron chi connectivity index (χ2n) is 4.49. The van der Waals surface area contributed by atoms with Crippen LogP contribution >= 0.6 is 0 Å². The Hall–Kier alpha value is -1.58. The van der Waals surface area contributed by atoms with Crippen LogP contribution in [0.4, 0.5) is 0 Å². The number of hydrogen-bond donors (Lipinski definition) is 1. The normalized spacial score (nSPS) is 10.8. The van der Waals surface area contributed by atoms with Crippen LogP contribution in [0.5, 0.6) is 5.75 Å². The van der Waals surface area contributed by atoms with Crippen molar-refractivity contribution in [2.75, 3.05) is 27.4 Å². The molecular formula is C16H21NO2. The summed E-state index contributed by atoms with van der Waals surface area (Å²) < 4.78 is 10.5. The van der Waals surface area contributed by atoms with Gasteiger partial charge in [-0.2, -0.15) is 0 Å². The SMILES string of the molecule is COCCCNCc1c(OC)ccc2ccccc12. The monoisotopic (exact) mass is 259 g/mol. The third kappa shape index (κ3) is 3.46. The highest BCUT2D eigenvalue weighted by Gasteiger charge is 2.07. The van der Waals surface area contributed by atoms with Crippen molar-refractivity contribution in [1.82, 2.24) is 5.32 Å². The van der Waals surface area contributed by atoms with E-state index in [0.717, 1.165) is 31.9 Å². The van der Waals surface area contributed by atoms with Crippen molar-refractivity contribution >= 4 is 10.8 Å². The van der Waals surface area contributed by atoms with Gasteiger partial charge < -0.3 is 14.8 Å². The molecule has 102 valence electrons. The van der Waals surface area contributed by atoms with Crippen LogP contribution < -0.4 is 10.1 Å². The molecule has 0 fully saturated rings. The average Bonchev–Trinajstić information content (AvgIpc) is 2.47. The molecule has 0 aromatic heterocycles. The first-order valence-corrected chi connectivity index (χ1v) is 6.61. The predicted molar refractivity (Wildman–Crippen MR) is 78.7 cm³/mol. The number of fused-ring (bicyclic) bond motifs is 1. The van der Waals surface area contributed by atoms with E-state index < -0.39 is 0 Å². The van der Waals surface area contributed by atoms with Crippen LogP contribution in [0.1, 0.15) is 12.0 Å². The summed E-state index contributed by atoms with van der Waals surface area (Å²) in [5, 5.41) is 5.94. The van der Waals surface area contributed by atoms with Crippen molar-refractivity contribution in [2.24, 2.45) is 0 Å². The molecule has 0 aliphatic carbocycles. The number of methoxy groups -OCH3 is 2. The number of hydrogen-bond acceptors (Lipinski definition) is 3. The second-order valence-corrected chi connectivity index (χ2v) is 4.49. The van der Waals surface area contributed by atoms with E-state index in [9.17, 15) is 0 Å². The molecule has 0 atom stereocenters. The van der Waals surface area contributed by atoms with Gasteiger partial charge in [-0.25, -0.2) is 0 Å². The van der Waals surface area contributed by atoms with Gasteiger partial charge in [0.1, 0.15) is 5.75 Å². The van der Waals surface area contributed by atoms with Gasteiger partial charge in [0.15, 0.2) is 0 Å². The molecule has 0 amide bonds. The minimum absolute atomic E-state index is 0.791. The molecule has 19 heavy (non-hydrogen) atoms. The van der Waals surface area contributed by atoms with Gasteiger partial charge in [0.25, 0.3) is 0 Å². The maximum absolute atomic E-state index is 5.47. The molecule has 2 aromatic rings. The van der Waals surface area contributed by atoms with Gasteiger partial charge in [-0.3, -0.25) is 0 Å². The maximum Gasteiger partial charge on any atom is 0.123 e. The Morgan fingerprint density at radius 2 is 1.89 bits per heavy atom. The Morgan fingerprint density at radius 3 is 2.68 bits per heavy atom.